The Hall–Kier alpha value is 0.574. The van der Waals surface area contributed by atoms with Crippen LogP contribution >= 0.6 is 0 Å². The zero-order valence-electron chi connectivity index (χ0n) is 5.05. The second kappa shape index (κ2) is 15.6. The van der Waals surface area contributed by atoms with E-state index in [2.05, 4.69) is 13.8 Å². The van der Waals surface area contributed by atoms with E-state index in [1.54, 1.807) is 6.92 Å². The number of carboxylic acids is 1. The van der Waals surface area contributed by atoms with Gasteiger partial charge in [-0.15, -0.1) is 0 Å². The summed E-state index contributed by atoms with van der Waals surface area (Å²) >= 11 is 0. The van der Waals surface area contributed by atoms with Gasteiger partial charge in [-0.3, -0.25) is 4.79 Å². The smallest absolute Gasteiger partial charge is 0.272 e. The molecule has 0 aliphatic heterocycles. The van der Waals surface area contributed by atoms with E-state index in [1.165, 1.54) is 0 Å². The Morgan fingerprint density at radius 1 is 1.62 bits per heavy atom. The second-order valence-corrected chi connectivity index (χ2v) is 0.644. The zero-order chi connectivity index (χ0) is 6.28. The normalized spacial score (nSPS) is 5.38. The average Bonchev–Trinajstić information content (AvgIpc) is 1.73. The van der Waals surface area contributed by atoms with E-state index in [0.29, 0.717) is 0 Å². The topological polar surface area (TPSA) is 37.3 Å². The number of hydrogen-bond acceptors (Lipinski definition) is 1. The molecule has 0 aromatic heterocycles. The summed E-state index contributed by atoms with van der Waals surface area (Å²) in [5, 5.41) is 7.66. The van der Waals surface area contributed by atoms with Crippen molar-refractivity contribution in [2.45, 2.75) is 13.3 Å². The molecule has 3 heteroatoms. The molecule has 0 aliphatic rings. The summed E-state index contributed by atoms with van der Waals surface area (Å²) in [6, 6.07) is 0. The number of carboxylic acid groups (broad SMARTS) is 1. The molecule has 0 amide bonds. The second-order valence-electron chi connectivity index (χ2n) is 0.644. The van der Waals surface area contributed by atoms with Gasteiger partial charge in [0, 0.05) is 32.7 Å². The van der Waals surface area contributed by atoms with Crippen LogP contribution in [0.1, 0.15) is 13.3 Å². The summed E-state index contributed by atoms with van der Waals surface area (Å²) in [4.78, 5) is 9.31. The minimum atomic E-state index is -0.856. The molecule has 1 radical (unpaired) electrons. The molecule has 0 unspecified atom stereocenters. The van der Waals surface area contributed by atoms with Crippen molar-refractivity contribution in [3.63, 3.8) is 0 Å². The molecule has 0 aliphatic carbocycles. The van der Waals surface area contributed by atoms with Gasteiger partial charge in [0.1, 0.15) is 0 Å². The zero-order valence-corrected chi connectivity index (χ0v) is 7.89. The van der Waals surface area contributed by atoms with E-state index in [-0.39, 0.29) is 39.1 Å². The fraction of sp³-hybridized carbons (Fsp3) is 0.400. The Balaban J connectivity index is -0.0000000750. The van der Waals surface area contributed by atoms with Crippen molar-refractivity contribution in [1.82, 2.24) is 0 Å². The van der Waals surface area contributed by atoms with Gasteiger partial charge >= 0.3 is 0 Å². The van der Waals surface area contributed by atoms with Gasteiger partial charge in [0.2, 0.25) is 0 Å². The quantitative estimate of drug-likeness (QED) is 0.631. The van der Waals surface area contributed by atoms with E-state index < -0.39 is 5.97 Å². The van der Waals surface area contributed by atoms with Gasteiger partial charge in [-0.1, -0.05) is 6.42 Å². The van der Waals surface area contributed by atoms with Crippen molar-refractivity contribution in [1.29, 1.82) is 0 Å². The van der Waals surface area contributed by atoms with Gasteiger partial charge in [0.15, 0.2) is 0 Å². The third-order valence-electron chi connectivity index (χ3n) is 0.214. The summed E-state index contributed by atoms with van der Waals surface area (Å²) in [7, 11) is 0. The van der Waals surface area contributed by atoms with E-state index >= 15 is 0 Å². The van der Waals surface area contributed by atoms with Crippen molar-refractivity contribution >= 4 is 5.97 Å². The van der Waals surface area contributed by atoms with Crippen LogP contribution < -0.4 is 0 Å². The summed E-state index contributed by atoms with van der Waals surface area (Å²) in [6.07, 6.45) is -0.0278. The number of rotatable bonds is 1. The van der Waals surface area contributed by atoms with Gasteiger partial charge in [-0.05, 0) is 0 Å². The summed E-state index contributed by atoms with van der Waals surface area (Å²) in [5.41, 5.74) is 0. The van der Waals surface area contributed by atoms with Crippen molar-refractivity contribution in [2.75, 3.05) is 0 Å². The predicted octanol–water partition coefficient (Wildman–Crippen LogP) is 1.13. The molecule has 0 atom stereocenters. The minimum absolute atomic E-state index is 0. The minimum Gasteiger partial charge on any atom is -0.483 e. The Bertz CT molecular complexity index is 45.7. The maximum atomic E-state index is 9.31. The van der Waals surface area contributed by atoms with Crippen LogP contribution in [0.5, 0.6) is 0 Å². The van der Waals surface area contributed by atoms with Crippen molar-refractivity contribution in [2.24, 2.45) is 0 Å². The van der Waals surface area contributed by atoms with Crippen LogP contribution in [0, 0.1) is 13.8 Å². The molecular weight excluding hydrogens is 181 g/mol. The SMILES string of the molecule is [CH2-]C.[CH2-]CC(=O)O.[Y]. The van der Waals surface area contributed by atoms with Gasteiger partial charge in [0.25, 0.3) is 5.97 Å². The third-order valence-corrected chi connectivity index (χ3v) is 0.214. The predicted molar refractivity (Wildman–Crippen MR) is 28.6 cm³/mol. The molecule has 0 rings (SSSR count). The number of aliphatic carboxylic acids is 1. The van der Waals surface area contributed by atoms with E-state index in [1.807, 2.05) is 0 Å². The van der Waals surface area contributed by atoms with E-state index in [4.69, 9.17) is 5.11 Å². The van der Waals surface area contributed by atoms with Gasteiger partial charge in [-0.2, -0.15) is 6.92 Å². The first-order chi connectivity index (χ1) is 3.27. The molecule has 0 spiro atoms. The molecule has 0 saturated carbocycles. The Kier molecular flexibility index (Phi) is 31.0. The summed E-state index contributed by atoms with van der Waals surface area (Å²) in [5.74, 6) is -0.856. The fourth-order valence-corrected chi connectivity index (χ4v) is 0. The van der Waals surface area contributed by atoms with Crippen LogP contribution in [0.15, 0.2) is 0 Å². The molecule has 8 heavy (non-hydrogen) atoms. The maximum absolute atomic E-state index is 9.31. The fourth-order valence-electron chi connectivity index (χ4n) is 0. The molecule has 47 valence electrons. The first kappa shape index (κ1) is 15.8. The van der Waals surface area contributed by atoms with E-state index in [9.17, 15) is 4.79 Å². The summed E-state index contributed by atoms with van der Waals surface area (Å²) < 4.78 is 0. The van der Waals surface area contributed by atoms with Gasteiger partial charge in [0.05, 0.1) is 0 Å². The molecule has 0 aromatic carbocycles. The van der Waals surface area contributed by atoms with Crippen molar-refractivity contribution in [3.05, 3.63) is 13.8 Å². The Morgan fingerprint density at radius 3 is 1.75 bits per heavy atom. The average molecular weight is 191 g/mol. The monoisotopic (exact) mass is 191 g/mol. The van der Waals surface area contributed by atoms with Gasteiger partial charge < -0.3 is 19.0 Å². The molecule has 0 saturated heterocycles. The van der Waals surface area contributed by atoms with Crippen LogP contribution in [0.3, 0.4) is 0 Å². The molecular formula is C5H10O2Y-2. The molecule has 2 nitrogen and oxygen atoms in total. The number of hydrogen-bond donors (Lipinski definition) is 1. The van der Waals surface area contributed by atoms with Gasteiger partial charge in [-0.25, -0.2) is 0 Å². The Morgan fingerprint density at radius 2 is 1.75 bits per heavy atom. The third kappa shape index (κ3) is 30.8. The van der Waals surface area contributed by atoms with Crippen LogP contribution in [-0.4, -0.2) is 11.1 Å². The molecule has 0 aromatic rings. The largest absolute Gasteiger partial charge is 0.483 e. The summed E-state index contributed by atoms with van der Waals surface area (Å²) in [6.45, 7) is 8.09. The van der Waals surface area contributed by atoms with Crippen molar-refractivity contribution in [3.8, 4) is 0 Å². The number of carbonyl (C=O) groups is 1. The molecule has 1 N–H and O–H groups in total. The molecule has 0 heterocycles. The standard InChI is InChI=1S/C3H5O2.C2H5.Y/c1-2-3(4)5;1-2;/h1-2H2,(H,4,5);1H2,2H3;/q2*-1;. The first-order valence-corrected chi connectivity index (χ1v) is 1.99. The van der Waals surface area contributed by atoms with Crippen LogP contribution in [-0.2, 0) is 37.5 Å². The van der Waals surface area contributed by atoms with Crippen LogP contribution in [0.25, 0.3) is 0 Å². The van der Waals surface area contributed by atoms with Crippen LogP contribution in [0.4, 0.5) is 0 Å². The maximum Gasteiger partial charge on any atom is 0.272 e. The Labute approximate surface area is 75.5 Å². The van der Waals surface area contributed by atoms with E-state index in [0.717, 1.165) is 0 Å². The van der Waals surface area contributed by atoms with Crippen LogP contribution in [0.2, 0.25) is 0 Å². The van der Waals surface area contributed by atoms with Crippen molar-refractivity contribution < 1.29 is 42.6 Å². The first-order valence-electron chi connectivity index (χ1n) is 1.99. The molecule has 0 bridgehead atoms. The molecule has 0 fully saturated rings.